The van der Waals surface area contributed by atoms with Crippen molar-refractivity contribution in [3.8, 4) is 0 Å². The number of benzene rings is 1. The van der Waals surface area contributed by atoms with Crippen LogP contribution in [-0.4, -0.2) is 0 Å². The quantitative estimate of drug-likeness (QED) is 0.525. The predicted octanol–water partition coefficient (Wildman–Crippen LogP) is 2.29. The second-order valence-electron chi connectivity index (χ2n) is 1.85. The molecule has 0 amide bonds. The Bertz CT molecular complexity index is 232. The van der Waals surface area contributed by atoms with E-state index in [9.17, 15) is 13.2 Å². The molecule has 3 heteroatoms. The molecule has 1 aromatic rings. The molecule has 10 heavy (non-hydrogen) atoms. The molecule has 1 aromatic carbocycles. The standard InChI is InChI=1S/C7H4F3/c1-4-6(9)2-5(8)3-7(4)10/h2-3H,1H2. The van der Waals surface area contributed by atoms with Crippen LogP contribution in [0.4, 0.5) is 13.2 Å². The molecular weight excluding hydrogens is 141 g/mol. The molecular formula is C7H4F3. The summed E-state index contributed by atoms with van der Waals surface area (Å²) in [4.78, 5) is 0. The van der Waals surface area contributed by atoms with E-state index in [1.807, 2.05) is 0 Å². The Morgan fingerprint density at radius 3 is 1.80 bits per heavy atom. The molecule has 1 rings (SSSR count). The van der Waals surface area contributed by atoms with E-state index in [0.29, 0.717) is 12.1 Å². The van der Waals surface area contributed by atoms with Crippen molar-refractivity contribution in [2.45, 2.75) is 0 Å². The molecule has 0 aromatic heterocycles. The van der Waals surface area contributed by atoms with Crippen molar-refractivity contribution < 1.29 is 13.2 Å². The summed E-state index contributed by atoms with van der Waals surface area (Å²) in [6, 6.07) is 1.18. The van der Waals surface area contributed by atoms with Crippen LogP contribution in [0, 0.1) is 24.4 Å². The Kier molecular flexibility index (Phi) is 1.66. The molecule has 1 radical (unpaired) electrons. The van der Waals surface area contributed by atoms with Gasteiger partial charge >= 0.3 is 0 Å². The highest BCUT2D eigenvalue weighted by atomic mass is 19.1. The zero-order chi connectivity index (χ0) is 7.72. The number of hydrogen-bond donors (Lipinski definition) is 0. The lowest BCUT2D eigenvalue weighted by Crippen LogP contribution is -1.89. The zero-order valence-electron chi connectivity index (χ0n) is 5.00. The summed E-state index contributed by atoms with van der Waals surface area (Å²) in [6.45, 7) is 3.04. The molecule has 0 nitrogen and oxygen atoms in total. The van der Waals surface area contributed by atoms with E-state index in [1.54, 1.807) is 0 Å². The SMILES string of the molecule is [CH2]c1c(F)cc(F)cc1F. The van der Waals surface area contributed by atoms with Gasteiger partial charge in [0.15, 0.2) is 0 Å². The van der Waals surface area contributed by atoms with Crippen molar-refractivity contribution >= 4 is 0 Å². The van der Waals surface area contributed by atoms with Crippen LogP contribution in [0.2, 0.25) is 0 Å². The van der Waals surface area contributed by atoms with Gasteiger partial charge in [-0.15, -0.1) is 0 Å². The highest BCUT2D eigenvalue weighted by Crippen LogP contribution is 2.12. The summed E-state index contributed by atoms with van der Waals surface area (Å²) in [5, 5.41) is 0. The zero-order valence-corrected chi connectivity index (χ0v) is 5.00. The Hall–Kier alpha value is -0.990. The fourth-order valence-electron chi connectivity index (χ4n) is 0.572. The normalized spacial score (nSPS) is 10.0. The first-order valence-corrected chi connectivity index (χ1v) is 2.58. The average molecular weight is 145 g/mol. The average Bonchev–Trinajstić information content (AvgIpc) is 1.82. The van der Waals surface area contributed by atoms with E-state index in [-0.39, 0.29) is 0 Å². The van der Waals surface area contributed by atoms with Gasteiger partial charge < -0.3 is 0 Å². The molecule has 0 aliphatic rings. The molecule has 0 bridgehead atoms. The van der Waals surface area contributed by atoms with E-state index in [2.05, 4.69) is 6.92 Å². The maximum absolute atomic E-state index is 12.3. The summed E-state index contributed by atoms with van der Waals surface area (Å²) in [5.74, 6) is -2.85. The van der Waals surface area contributed by atoms with Crippen molar-refractivity contribution in [3.63, 3.8) is 0 Å². The maximum atomic E-state index is 12.3. The molecule has 0 fully saturated rings. The number of rotatable bonds is 0. The van der Waals surface area contributed by atoms with E-state index >= 15 is 0 Å². The van der Waals surface area contributed by atoms with Crippen LogP contribution in [0.25, 0.3) is 0 Å². The van der Waals surface area contributed by atoms with Crippen molar-refractivity contribution in [1.29, 1.82) is 0 Å². The van der Waals surface area contributed by atoms with Gasteiger partial charge in [-0.2, -0.15) is 0 Å². The van der Waals surface area contributed by atoms with Gasteiger partial charge in [0.25, 0.3) is 0 Å². The van der Waals surface area contributed by atoms with Crippen LogP contribution in [0.5, 0.6) is 0 Å². The highest BCUT2D eigenvalue weighted by molar-refractivity contribution is 5.22. The third kappa shape index (κ3) is 1.12. The lowest BCUT2D eigenvalue weighted by atomic mass is 10.2. The third-order valence-corrected chi connectivity index (χ3v) is 1.11. The molecule has 0 saturated carbocycles. The van der Waals surface area contributed by atoms with Gasteiger partial charge in [0.2, 0.25) is 0 Å². The summed E-state index contributed by atoms with van der Waals surface area (Å²) in [5.41, 5.74) is -0.401. The van der Waals surface area contributed by atoms with Crippen molar-refractivity contribution in [2.24, 2.45) is 0 Å². The first-order valence-electron chi connectivity index (χ1n) is 2.58. The molecule has 0 spiro atoms. The lowest BCUT2D eigenvalue weighted by molar-refractivity contribution is 0.537. The van der Waals surface area contributed by atoms with Crippen LogP contribution in [0.1, 0.15) is 5.56 Å². The minimum atomic E-state index is -0.961. The molecule has 0 heterocycles. The molecule has 0 aliphatic heterocycles. The van der Waals surface area contributed by atoms with Gasteiger partial charge in [-0.3, -0.25) is 0 Å². The predicted molar refractivity (Wildman–Crippen MR) is 30.8 cm³/mol. The number of halogens is 3. The molecule has 0 unspecified atom stereocenters. The van der Waals surface area contributed by atoms with Crippen molar-refractivity contribution in [1.82, 2.24) is 0 Å². The topological polar surface area (TPSA) is 0 Å². The minimum absolute atomic E-state index is 0.401. The van der Waals surface area contributed by atoms with Crippen LogP contribution in [-0.2, 0) is 0 Å². The van der Waals surface area contributed by atoms with Gasteiger partial charge in [-0.25, -0.2) is 13.2 Å². The summed E-state index contributed by atoms with van der Waals surface area (Å²) >= 11 is 0. The largest absolute Gasteiger partial charge is 0.207 e. The van der Waals surface area contributed by atoms with Gasteiger partial charge in [0.05, 0.1) is 0 Å². The van der Waals surface area contributed by atoms with Gasteiger partial charge in [-0.1, -0.05) is 0 Å². The highest BCUT2D eigenvalue weighted by Gasteiger charge is 2.05. The van der Waals surface area contributed by atoms with Crippen LogP contribution in [0.15, 0.2) is 12.1 Å². The van der Waals surface area contributed by atoms with E-state index in [1.165, 1.54) is 0 Å². The van der Waals surface area contributed by atoms with E-state index in [0.717, 1.165) is 0 Å². The number of hydrogen-bond acceptors (Lipinski definition) is 0. The van der Waals surface area contributed by atoms with E-state index in [4.69, 9.17) is 0 Å². The third-order valence-electron chi connectivity index (χ3n) is 1.11. The maximum Gasteiger partial charge on any atom is 0.132 e. The Morgan fingerprint density at radius 1 is 1.00 bits per heavy atom. The Labute approximate surface area is 56.3 Å². The lowest BCUT2D eigenvalue weighted by Gasteiger charge is -1.96. The summed E-state index contributed by atoms with van der Waals surface area (Å²) in [7, 11) is 0. The minimum Gasteiger partial charge on any atom is -0.207 e. The second-order valence-corrected chi connectivity index (χ2v) is 1.85. The molecule has 0 atom stereocenters. The smallest absolute Gasteiger partial charge is 0.132 e. The first-order chi connectivity index (χ1) is 4.61. The molecule has 0 aliphatic carbocycles. The first kappa shape index (κ1) is 7.12. The van der Waals surface area contributed by atoms with Crippen LogP contribution in [0.3, 0.4) is 0 Å². The Balaban J connectivity index is 3.31. The van der Waals surface area contributed by atoms with Gasteiger partial charge in [0.1, 0.15) is 17.5 Å². The summed E-state index contributed by atoms with van der Waals surface area (Å²) in [6.07, 6.45) is 0. The fraction of sp³-hybridized carbons (Fsp3) is 0. The van der Waals surface area contributed by atoms with Crippen LogP contribution < -0.4 is 0 Å². The molecule has 0 N–H and O–H groups in total. The van der Waals surface area contributed by atoms with Crippen molar-refractivity contribution in [2.75, 3.05) is 0 Å². The monoisotopic (exact) mass is 145 g/mol. The fourth-order valence-corrected chi connectivity index (χ4v) is 0.572. The summed E-state index contributed by atoms with van der Waals surface area (Å²) < 4.78 is 36.7. The molecule has 0 saturated heterocycles. The molecule has 53 valence electrons. The van der Waals surface area contributed by atoms with Crippen LogP contribution >= 0.6 is 0 Å². The Morgan fingerprint density at radius 2 is 1.40 bits per heavy atom. The van der Waals surface area contributed by atoms with Gasteiger partial charge in [0, 0.05) is 17.7 Å². The van der Waals surface area contributed by atoms with Gasteiger partial charge in [-0.05, 0) is 6.92 Å². The van der Waals surface area contributed by atoms with Crippen molar-refractivity contribution in [3.05, 3.63) is 42.1 Å². The van der Waals surface area contributed by atoms with E-state index < -0.39 is 23.0 Å². The second kappa shape index (κ2) is 2.33.